The molecule has 1 N–H and O–H groups in total. The molecule has 1 aromatic carbocycles. The highest BCUT2D eigenvalue weighted by Gasteiger charge is 2.36. The van der Waals surface area contributed by atoms with Gasteiger partial charge in [-0.05, 0) is 25.3 Å². The summed E-state index contributed by atoms with van der Waals surface area (Å²) in [5, 5.41) is 0.690. The summed E-state index contributed by atoms with van der Waals surface area (Å²) in [4.78, 5) is 22.6. The van der Waals surface area contributed by atoms with E-state index in [9.17, 15) is 4.79 Å². The van der Waals surface area contributed by atoms with E-state index in [0.29, 0.717) is 18.2 Å². The molecule has 5 nitrogen and oxygen atoms in total. The lowest BCUT2D eigenvalue weighted by atomic mass is 10.1. The van der Waals surface area contributed by atoms with Crippen LogP contribution in [-0.4, -0.2) is 40.5 Å². The largest absolute Gasteiger partial charge is 0.381 e. The first-order valence-corrected chi connectivity index (χ1v) is 8.80. The fourth-order valence-electron chi connectivity index (χ4n) is 3.60. The van der Waals surface area contributed by atoms with Crippen LogP contribution in [0.3, 0.4) is 0 Å². The topological polar surface area (TPSA) is 58.2 Å². The number of nitrogens with one attached hydrogen (secondary N) is 1. The standard InChI is InChI=1S/C18H20ClN3O2/c19-14-5-2-1-4-13(14)15-10-20-17(21-15)16-6-3-8-22(16)18(23)12-7-9-24-11-12/h1-2,4-5,10,12,16H,3,6-9,11H2,(H,20,21). The lowest BCUT2D eigenvalue weighted by Crippen LogP contribution is -2.36. The molecule has 2 aromatic rings. The number of carbonyl (C=O) groups excluding carboxylic acids is 1. The van der Waals surface area contributed by atoms with E-state index in [4.69, 9.17) is 16.3 Å². The number of benzene rings is 1. The van der Waals surface area contributed by atoms with Crippen LogP contribution < -0.4 is 0 Å². The molecule has 0 spiro atoms. The van der Waals surface area contributed by atoms with Gasteiger partial charge >= 0.3 is 0 Å². The molecule has 2 atom stereocenters. The van der Waals surface area contributed by atoms with Crippen molar-refractivity contribution in [2.75, 3.05) is 19.8 Å². The minimum absolute atomic E-state index is 0.00333. The Labute approximate surface area is 146 Å². The van der Waals surface area contributed by atoms with E-state index < -0.39 is 0 Å². The first kappa shape index (κ1) is 15.7. The van der Waals surface area contributed by atoms with Gasteiger partial charge in [-0.15, -0.1) is 0 Å². The summed E-state index contributed by atoms with van der Waals surface area (Å²) < 4.78 is 5.37. The van der Waals surface area contributed by atoms with Gasteiger partial charge in [0.15, 0.2) is 0 Å². The van der Waals surface area contributed by atoms with E-state index in [-0.39, 0.29) is 17.9 Å². The quantitative estimate of drug-likeness (QED) is 0.927. The molecule has 2 aliphatic rings. The highest BCUT2D eigenvalue weighted by atomic mass is 35.5. The normalized spacial score (nSPS) is 23.8. The number of H-pyrrole nitrogens is 1. The highest BCUT2D eigenvalue weighted by molar-refractivity contribution is 6.33. The fourth-order valence-corrected chi connectivity index (χ4v) is 3.84. The van der Waals surface area contributed by atoms with Gasteiger partial charge in [-0.25, -0.2) is 4.98 Å². The minimum atomic E-state index is 0.00333. The first-order chi connectivity index (χ1) is 11.7. The van der Waals surface area contributed by atoms with Crippen LogP contribution in [-0.2, 0) is 9.53 Å². The molecule has 0 bridgehead atoms. The van der Waals surface area contributed by atoms with Gasteiger partial charge in [-0.1, -0.05) is 29.8 Å². The lowest BCUT2D eigenvalue weighted by molar-refractivity contribution is -0.136. The second kappa shape index (κ2) is 6.57. The Hall–Kier alpha value is -1.85. The molecule has 2 aliphatic heterocycles. The smallest absolute Gasteiger partial charge is 0.228 e. The number of aromatic nitrogens is 2. The van der Waals surface area contributed by atoms with Crippen LogP contribution in [0.25, 0.3) is 11.3 Å². The molecule has 2 unspecified atom stereocenters. The predicted octanol–water partition coefficient (Wildman–Crippen LogP) is 3.43. The average molecular weight is 346 g/mol. The van der Waals surface area contributed by atoms with Crippen molar-refractivity contribution in [1.82, 2.24) is 14.9 Å². The number of amides is 1. The summed E-state index contributed by atoms with van der Waals surface area (Å²) >= 11 is 6.27. The molecule has 2 saturated heterocycles. The van der Waals surface area contributed by atoms with Crippen LogP contribution in [0, 0.1) is 5.92 Å². The molecular weight excluding hydrogens is 326 g/mol. The maximum Gasteiger partial charge on any atom is 0.228 e. The average Bonchev–Trinajstić information content (AvgIpc) is 3.34. The van der Waals surface area contributed by atoms with E-state index in [1.54, 1.807) is 6.20 Å². The van der Waals surface area contributed by atoms with Crippen molar-refractivity contribution in [3.63, 3.8) is 0 Å². The van der Waals surface area contributed by atoms with Gasteiger partial charge in [0.1, 0.15) is 5.82 Å². The van der Waals surface area contributed by atoms with Crippen molar-refractivity contribution < 1.29 is 9.53 Å². The minimum Gasteiger partial charge on any atom is -0.381 e. The number of rotatable bonds is 3. The zero-order chi connectivity index (χ0) is 16.5. The Morgan fingerprint density at radius 2 is 2.21 bits per heavy atom. The number of carbonyl (C=O) groups is 1. The Balaban J connectivity index is 1.57. The molecule has 3 heterocycles. The summed E-state index contributed by atoms with van der Waals surface area (Å²) in [5.74, 6) is 1.05. The molecule has 4 rings (SSSR count). The predicted molar refractivity (Wildman–Crippen MR) is 91.6 cm³/mol. The number of halogens is 1. The second-order valence-electron chi connectivity index (χ2n) is 6.41. The van der Waals surface area contributed by atoms with Gasteiger partial charge in [0, 0.05) is 23.7 Å². The third-order valence-corrected chi connectivity index (χ3v) is 5.22. The van der Waals surface area contributed by atoms with Crippen molar-refractivity contribution in [2.24, 2.45) is 5.92 Å². The van der Waals surface area contributed by atoms with Gasteiger partial charge in [0.25, 0.3) is 0 Å². The van der Waals surface area contributed by atoms with Crippen molar-refractivity contribution in [1.29, 1.82) is 0 Å². The third-order valence-electron chi connectivity index (χ3n) is 4.89. The van der Waals surface area contributed by atoms with Crippen LogP contribution in [0.4, 0.5) is 0 Å². The van der Waals surface area contributed by atoms with Crippen molar-refractivity contribution in [2.45, 2.75) is 25.3 Å². The SMILES string of the molecule is O=C(C1CCOC1)N1CCCC1c1ncc(-c2ccccc2Cl)[nH]1. The highest BCUT2D eigenvalue weighted by Crippen LogP contribution is 2.34. The number of imidazole rings is 1. The Morgan fingerprint density at radius 3 is 3.00 bits per heavy atom. The van der Waals surface area contributed by atoms with Gasteiger partial charge in [0.2, 0.25) is 5.91 Å². The van der Waals surface area contributed by atoms with Crippen molar-refractivity contribution in [3.8, 4) is 11.3 Å². The van der Waals surface area contributed by atoms with Gasteiger partial charge in [-0.3, -0.25) is 4.79 Å². The molecule has 0 aliphatic carbocycles. The third kappa shape index (κ3) is 2.82. The molecule has 0 radical (unpaired) electrons. The molecule has 0 saturated carbocycles. The first-order valence-electron chi connectivity index (χ1n) is 8.42. The molecular formula is C18H20ClN3O2. The van der Waals surface area contributed by atoms with Gasteiger partial charge < -0.3 is 14.6 Å². The number of nitrogens with zero attached hydrogens (tertiary/aromatic N) is 2. The van der Waals surface area contributed by atoms with Crippen LogP contribution in [0.5, 0.6) is 0 Å². The van der Waals surface area contributed by atoms with Crippen LogP contribution >= 0.6 is 11.6 Å². The second-order valence-corrected chi connectivity index (χ2v) is 6.82. The number of ether oxygens (including phenoxy) is 1. The Bertz CT molecular complexity index is 739. The molecule has 6 heteroatoms. The van der Waals surface area contributed by atoms with E-state index in [1.807, 2.05) is 29.2 Å². The summed E-state index contributed by atoms with van der Waals surface area (Å²) in [6.07, 6.45) is 4.57. The monoisotopic (exact) mass is 345 g/mol. The van der Waals surface area contributed by atoms with E-state index in [0.717, 1.165) is 42.9 Å². The molecule has 126 valence electrons. The summed E-state index contributed by atoms with van der Waals surface area (Å²) in [7, 11) is 0. The Morgan fingerprint density at radius 1 is 1.33 bits per heavy atom. The van der Waals surface area contributed by atoms with Crippen molar-refractivity contribution in [3.05, 3.63) is 41.3 Å². The van der Waals surface area contributed by atoms with Crippen molar-refractivity contribution >= 4 is 17.5 Å². The maximum absolute atomic E-state index is 12.7. The molecule has 2 fully saturated rings. The van der Waals surface area contributed by atoms with Crippen LogP contribution in [0.2, 0.25) is 5.02 Å². The summed E-state index contributed by atoms with van der Waals surface area (Å²) in [6.45, 7) is 2.03. The van der Waals surface area contributed by atoms with Crippen LogP contribution in [0.1, 0.15) is 31.1 Å². The fraction of sp³-hybridized carbons (Fsp3) is 0.444. The molecule has 1 aromatic heterocycles. The lowest BCUT2D eigenvalue weighted by Gasteiger charge is -2.25. The van der Waals surface area contributed by atoms with Crippen LogP contribution in [0.15, 0.2) is 30.5 Å². The van der Waals surface area contributed by atoms with E-state index in [2.05, 4.69) is 9.97 Å². The summed E-state index contributed by atoms with van der Waals surface area (Å²) in [5.41, 5.74) is 1.82. The number of likely N-dealkylation sites (tertiary alicyclic amines) is 1. The summed E-state index contributed by atoms with van der Waals surface area (Å²) in [6, 6.07) is 7.71. The zero-order valence-corrected chi connectivity index (χ0v) is 14.1. The molecule has 24 heavy (non-hydrogen) atoms. The number of aromatic amines is 1. The number of hydrogen-bond donors (Lipinski definition) is 1. The van der Waals surface area contributed by atoms with E-state index >= 15 is 0 Å². The maximum atomic E-state index is 12.7. The molecule has 1 amide bonds. The van der Waals surface area contributed by atoms with Gasteiger partial charge in [-0.2, -0.15) is 0 Å². The van der Waals surface area contributed by atoms with E-state index in [1.165, 1.54) is 0 Å². The Kier molecular flexibility index (Phi) is 4.29. The van der Waals surface area contributed by atoms with Gasteiger partial charge in [0.05, 0.1) is 30.5 Å². The zero-order valence-electron chi connectivity index (χ0n) is 13.4. The number of hydrogen-bond acceptors (Lipinski definition) is 3.